The number of fused-ring (bicyclic) bond motifs is 1. The molecule has 14 heteroatoms. The van der Waals surface area contributed by atoms with Crippen LogP contribution >= 0.6 is 0 Å². The molecule has 0 saturated carbocycles. The van der Waals surface area contributed by atoms with Crippen LogP contribution in [0.3, 0.4) is 0 Å². The predicted octanol–water partition coefficient (Wildman–Crippen LogP) is 0.0404. The first kappa shape index (κ1) is 32.8. The van der Waals surface area contributed by atoms with E-state index in [2.05, 4.69) is 5.32 Å². The Morgan fingerprint density at radius 3 is 2.50 bits per heavy atom. The lowest BCUT2D eigenvalue weighted by atomic mass is 9.85. The van der Waals surface area contributed by atoms with Crippen LogP contribution in [0.2, 0.25) is 0 Å². The summed E-state index contributed by atoms with van der Waals surface area (Å²) in [6, 6.07) is 6.00. The lowest BCUT2D eigenvalue weighted by Gasteiger charge is -2.44. The van der Waals surface area contributed by atoms with Crippen molar-refractivity contribution in [2.24, 2.45) is 5.92 Å². The lowest BCUT2D eigenvalue weighted by Crippen LogP contribution is -2.62. The van der Waals surface area contributed by atoms with Gasteiger partial charge in [0, 0.05) is 16.8 Å². The number of carboxylic acid groups (broad SMARTS) is 2. The van der Waals surface area contributed by atoms with Crippen molar-refractivity contribution >= 4 is 29.5 Å². The summed E-state index contributed by atoms with van der Waals surface area (Å²) < 4.78 is 16.4. The van der Waals surface area contributed by atoms with E-state index in [0.717, 1.165) is 0 Å². The summed E-state index contributed by atoms with van der Waals surface area (Å²) in [6.07, 6.45) is -5.93. The number of para-hydroxylation sites is 1. The van der Waals surface area contributed by atoms with E-state index in [1.807, 2.05) is 0 Å². The summed E-state index contributed by atoms with van der Waals surface area (Å²) in [5, 5.41) is 62.6. The van der Waals surface area contributed by atoms with Crippen LogP contribution in [0.15, 0.2) is 48.1 Å². The highest BCUT2D eigenvalue weighted by atomic mass is 16.7. The van der Waals surface area contributed by atoms with Gasteiger partial charge < -0.3 is 50.2 Å². The number of nitrogens with one attached hydrogen (secondary N) is 1. The number of carboxylic acids is 2. The highest BCUT2D eigenvalue weighted by Crippen LogP contribution is 2.41. The highest BCUT2D eigenvalue weighted by Gasteiger charge is 2.54. The molecule has 3 rings (SSSR count). The van der Waals surface area contributed by atoms with E-state index in [1.54, 1.807) is 19.1 Å². The second-order valence-electron chi connectivity index (χ2n) is 10.3. The highest BCUT2D eigenvalue weighted by molar-refractivity contribution is 6.01. The van der Waals surface area contributed by atoms with E-state index in [4.69, 9.17) is 19.3 Å². The third-order valence-electron chi connectivity index (χ3n) is 7.11. The molecule has 0 aromatic heterocycles. The van der Waals surface area contributed by atoms with E-state index < -0.39 is 79.3 Å². The fourth-order valence-electron chi connectivity index (χ4n) is 4.54. The third kappa shape index (κ3) is 7.59. The number of carbonyl (C=O) groups is 4. The van der Waals surface area contributed by atoms with Crippen LogP contribution in [-0.2, 0) is 39.0 Å². The van der Waals surface area contributed by atoms with Gasteiger partial charge in [0.2, 0.25) is 11.5 Å². The van der Waals surface area contributed by atoms with Crippen LogP contribution in [0, 0.1) is 5.92 Å². The Balaban J connectivity index is 1.66. The van der Waals surface area contributed by atoms with Crippen molar-refractivity contribution in [1.82, 2.24) is 0 Å². The molecule has 1 aromatic carbocycles. The molecule has 0 spiro atoms. The maximum Gasteiger partial charge on any atom is 0.341 e. The molecule has 230 valence electrons. The van der Waals surface area contributed by atoms with Gasteiger partial charge >= 0.3 is 17.9 Å². The van der Waals surface area contributed by atoms with Crippen molar-refractivity contribution in [3.05, 3.63) is 53.6 Å². The van der Waals surface area contributed by atoms with Gasteiger partial charge in [-0.25, -0.2) is 9.59 Å². The molecule has 2 aliphatic heterocycles. The average molecular weight is 594 g/mol. The standard InChI is InChI=1S/C28H35NO13/c1-14(18(30)11-21(32)33)7-3-4-8-15(2)25(37)40-13-19-22(34)23(35)24(36)26(41-19)42-28(27(38)39)12-20(31)29-17-10-6-5-9-16(17)28/h3-6,8-10,14,18-19,22-24,26,30,34-36H,7,11-13H2,1-2H3,(H,29,31)(H,32,33)(H,38,39)/b4-3+,15-8+/t14?,18-,19-,22-,23+,24-,26+,28?/m1/s1. The van der Waals surface area contributed by atoms with Gasteiger partial charge in [-0.2, -0.15) is 0 Å². The van der Waals surface area contributed by atoms with Crippen LogP contribution in [0.4, 0.5) is 5.69 Å². The average Bonchev–Trinajstić information content (AvgIpc) is 2.93. The minimum Gasteiger partial charge on any atom is -0.481 e. The minimum atomic E-state index is -2.29. The maximum atomic E-state index is 12.5. The molecule has 1 amide bonds. The topological polar surface area (TPSA) is 229 Å². The molecular formula is C28H35NO13. The summed E-state index contributed by atoms with van der Waals surface area (Å²) in [7, 11) is 0. The molecule has 0 radical (unpaired) electrons. The van der Waals surface area contributed by atoms with E-state index in [1.165, 1.54) is 37.3 Å². The molecule has 1 fully saturated rings. The van der Waals surface area contributed by atoms with Crippen LogP contribution in [-0.4, -0.2) is 97.9 Å². The number of rotatable bonds is 12. The number of amides is 1. The molecule has 2 heterocycles. The van der Waals surface area contributed by atoms with Crippen molar-refractivity contribution in [2.75, 3.05) is 11.9 Å². The fraction of sp³-hybridized carbons (Fsp3) is 0.500. The number of aliphatic hydroxyl groups is 4. The first-order valence-corrected chi connectivity index (χ1v) is 13.2. The van der Waals surface area contributed by atoms with E-state index in [-0.39, 0.29) is 29.2 Å². The summed E-state index contributed by atoms with van der Waals surface area (Å²) in [6.45, 7) is 2.52. The van der Waals surface area contributed by atoms with E-state index in [9.17, 15) is 44.7 Å². The molecule has 2 unspecified atom stereocenters. The van der Waals surface area contributed by atoms with Crippen molar-refractivity contribution in [2.45, 2.75) is 75.5 Å². The lowest BCUT2D eigenvalue weighted by molar-refractivity contribution is -0.327. The number of carbonyl (C=O) groups excluding carboxylic acids is 2. The number of ether oxygens (including phenoxy) is 3. The summed E-state index contributed by atoms with van der Waals surface area (Å²) in [5.41, 5.74) is -1.90. The molecule has 7 N–H and O–H groups in total. The quantitative estimate of drug-likeness (QED) is 0.0966. The second-order valence-corrected chi connectivity index (χ2v) is 10.3. The zero-order valence-corrected chi connectivity index (χ0v) is 23.0. The van der Waals surface area contributed by atoms with Gasteiger partial charge in [0.1, 0.15) is 31.0 Å². The number of hydrogen-bond donors (Lipinski definition) is 7. The number of anilines is 1. The summed E-state index contributed by atoms with van der Waals surface area (Å²) in [5.74, 6) is -4.49. The second kappa shape index (κ2) is 14.0. The minimum absolute atomic E-state index is 0.0797. The van der Waals surface area contributed by atoms with Crippen LogP contribution in [0.25, 0.3) is 0 Å². The molecular weight excluding hydrogens is 558 g/mol. The van der Waals surface area contributed by atoms with Crippen molar-refractivity contribution in [1.29, 1.82) is 0 Å². The van der Waals surface area contributed by atoms with Gasteiger partial charge in [0.05, 0.1) is 18.9 Å². The molecule has 14 nitrogen and oxygen atoms in total. The molecule has 42 heavy (non-hydrogen) atoms. The number of esters is 1. The number of benzene rings is 1. The third-order valence-corrected chi connectivity index (χ3v) is 7.11. The van der Waals surface area contributed by atoms with Gasteiger partial charge in [0.15, 0.2) is 6.29 Å². The Labute approximate surface area is 240 Å². The van der Waals surface area contributed by atoms with Crippen LogP contribution < -0.4 is 5.32 Å². The van der Waals surface area contributed by atoms with E-state index >= 15 is 0 Å². The molecule has 0 aliphatic carbocycles. The van der Waals surface area contributed by atoms with Gasteiger partial charge in [-0.05, 0) is 25.3 Å². The first-order chi connectivity index (χ1) is 19.8. The molecule has 8 atom stereocenters. The fourth-order valence-corrected chi connectivity index (χ4v) is 4.54. The Morgan fingerprint density at radius 1 is 1.14 bits per heavy atom. The zero-order valence-electron chi connectivity index (χ0n) is 23.0. The molecule has 1 aromatic rings. The predicted molar refractivity (Wildman–Crippen MR) is 143 cm³/mol. The molecule has 1 saturated heterocycles. The van der Waals surface area contributed by atoms with Crippen LogP contribution in [0.1, 0.15) is 38.7 Å². The number of aliphatic hydroxyl groups excluding tert-OH is 4. The number of allylic oxidation sites excluding steroid dienone is 3. The smallest absolute Gasteiger partial charge is 0.341 e. The maximum absolute atomic E-state index is 12.5. The Bertz CT molecular complexity index is 1230. The van der Waals surface area contributed by atoms with Crippen molar-refractivity contribution < 1.29 is 64.0 Å². The molecule has 0 bridgehead atoms. The van der Waals surface area contributed by atoms with Gasteiger partial charge in [-0.3, -0.25) is 9.59 Å². The zero-order chi connectivity index (χ0) is 31.2. The Kier molecular flexibility index (Phi) is 11.0. The van der Waals surface area contributed by atoms with Gasteiger partial charge in [-0.1, -0.05) is 43.4 Å². The SMILES string of the molecule is C/C(=C\C=C\CC(C)[C@H](O)CC(=O)O)C(=O)OC[C@H]1O[C@@H](OC2(C(=O)O)CC(=O)Nc3ccccc32)[C@H](O)[C@@H](O)[C@@H]1O. The molecule has 2 aliphatic rings. The van der Waals surface area contributed by atoms with Gasteiger partial charge in [-0.15, -0.1) is 0 Å². The van der Waals surface area contributed by atoms with Crippen LogP contribution in [0.5, 0.6) is 0 Å². The van der Waals surface area contributed by atoms with Crippen molar-refractivity contribution in [3.8, 4) is 0 Å². The monoisotopic (exact) mass is 593 g/mol. The van der Waals surface area contributed by atoms with E-state index in [0.29, 0.717) is 6.42 Å². The largest absolute Gasteiger partial charge is 0.481 e. The Hall–Kier alpha value is -3.66. The summed E-state index contributed by atoms with van der Waals surface area (Å²) >= 11 is 0. The Morgan fingerprint density at radius 2 is 1.83 bits per heavy atom. The van der Waals surface area contributed by atoms with Crippen molar-refractivity contribution in [3.63, 3.8) is 0 Å². The summed E-state index contributed by atoms with van der Waals surface area (Å²) in [4.78, 5) is 48.0. The van der Waals surface area contributed by atoms with Gasteiger partial charge in [0.25, 0.3) is 0 Å². The number of aliphatic carboxylic acids is 2. The number of hydrogen-bond acceptors (Lipinski definition) is 11. The first-order valence-electron chi connectivity index (χ1n) is 13.2. The normalized spacial score (nSPS) is 29.3.